The number of methoxy groups -OCH3 is 1. The molecule has 170 valence electrons. The van der Waals surface area contributed by atoms with E-state index in [-0.39, 0.29) is 6.04 Å². The van der Waals surface area contributed by atoms with Crippen LogP contribution in [0, 0.1) is 6.92 Å². The molecule has 34 heavy (non-hydrogen) atoms. The highest BCUT2D eigenvalue weighted by Gasteiger charge is 2.17. The van der Waals surface area contributed by atoms with Crippen molar-refractivity contribution in [3.8, 4) is 23.0 Å². The molecule has 0 atom stereocenters. The minimum Gasteiger partial charge on any atom is -0.480 e. The number of nitrogens with one attached hydrogen (secondary N) is 1. The van der Waals surface area contributed by atoms with Gasteiger partial charge in [-0.05, 0) is 69.3 Å². The minimum atomic E-state index is 0.120. The maximum atomic E-state index is 5.45. The molecule has 2 aromatic carbocycles. The fourth-order valence-electron chi connectivity index (χ4n) is 4.09. The van der Waals surface area contributed by atoms with E-state index < -0.39 is 0 Å². The van der Waals surface area contributed by atoms with Crippen LogP contribution in [0.3, 0.4) is 0 Å². The standard InChI is InChI=1S/C28H27N5O/c1-18(2)30-24-17-27-25(16-23(24)32-22-9-7-15-29-28(22)34-4)31-21-8-5-6-10-26(21)33(27)20-13-11-19(3)12-14-20/h5-18,32H,1-4H3/b30-24+. The monoisotopic (exact) mass is 449 g/mol. The van der Waals surface area contributed by atoms with Gasteiger partial charge in [0, 0.05) is 17.9 Å². The Kier molecular flexibility index (Phi) is 5.72. The van der Waals surface area contributed by atoms with E-state index >= 15 is 0 Å². The average Bonchev–Trinajstić information content (AvgIpc) is 2.84. The van der Waals surface area contributed by atoms with Crippen molar-refractivity contribution in [3.63, 3.8) is 0 Å². The smallest absolute Gasteiger partial charge is 0.237 e. The van der Waals surface area contributed by atoms with Crippen LogP contribution in [-0.2, 0) is 0 Å². The lowest BCUT2D eigenvalue weighted by Gasteiger charge is -2.20. The van der Waals surface area contributed by atoms with E-state index in [9.17, 15) is 0 Å². The van der Waals surface area contributed by atoms with Gasteiger partial charge in [-0.1, -0.05) is 29.8 Å². The predicted octanol–water partition coefficient (Wildman–Crippen LogP) is 5.90. The number of anilines is 2. The maximum Gasteiger partial charge on any atom is 0.237 e. The van der Waals surface area contributed by atoms with Gasteiger partial charge in [-0.25, -0.2) is 9.97 Å². The van der Waals surface area contributed by atoms with Crippen LogP contribution >= 0.6 is 0 Å². The molecule has 1 aliphatic carbocycles. The highest BCUT2D eigenvalue weighted by molar-refractivity contribution is 5.84. The molecule has 0 spiro atoms. The normalized spacial score (nSPS) is 12.0. The molecule has 6 heteroatoms. The zero-order chi connectivity index (χ0) is 23.7. The highest BCUT2D eigenvalue weighted by atomic mass is 16.5. The van der Waals surface area contributed by atoms with Gasteiger partial charge in [-0.2, -0.15) is 0 Å². The number of nitrogens with zero attached hydrogens (tertiary/aromatic N) is 4. The van der Waals surface area contributed by atoms with E-state index in [1.807, 2.05) is 30.3 Å². The average molecular weight is 450 g/mol. The van der Waals surface area contributed by atoms with Gasteiger partial charge < -0.3 is 14.6 Å². The molecule has 0 amide bonds. The number of aromatic nitrogens is 3. The molecule has 0 saturated heterocycles. The summed E-state index contributed by atoms with van der Waals surface area (Å²) in [5.41, 5.74) is 7.76. The predicted molar refractivity (Wildman–Crippen MR) is 137 cm³/mol. The zero-order valence-electron chi connectivity index (χ0n) is 19.8. The first-order chi connectivity index (χ1) is 16.5. The maximum absolute atomic E-state index is 5.45. The zero-order valence-corrected chi connectivity index (χ0v) is 19.8. The number of ether oxygens (including phenoxy) is 1. The molecule has 0 radical (unpaired) electrons. The fraction of sp³-hybridized carbons (Fsp3) is 0.179. The summed E-state index contributed by atoms with van der Waals surface area (Å²) in [6, 6.07) is 24.9. The van der Waals surface area contributed by atoms with E-state index in [0.29, 0.717) is 5.88 Å². The third-order valence-electron chi connectivity index (χ3n) is 5.62. The van der Waals surface area contributed by atoms with Crippen LogP contribution in [0.15, 0.2) is 84.0 Å². The van der Waals surface area contributed by atoms with Crippen LogP contribution < -0.4 is 15.4 Å². The van der Waals surface area contributed by atoms with Crippen LogP contribution in [0.1, 0.15) is 19.4 Å². The molecule has 1 aromatic heterocycles. The van der Waals surface area contributed by atoms with Crippen molar-refractivity contribution in [2.45, 2.75) is 26.8 Å². The largest absolute Gasteiger partial charge is 0.480 e. The molecule has 1 N–H and O–H groups in total. The van der Waals surface area contributed by atoms with Crippen molar-refractivity contribution in [1.82, 2.24) is 14.5 Å². The lowest BCUT2D eigenvalue weighted by Crippen LogP contribution is -2.16. The van der Waals surface area contributed by atoms with Crippen molar-refractivity contribution in [2.24, 2.45) is 4.99 Å². The molecule has 2 heterocycles. The molecule has 1 aliphatic heterocycles. The summed E-state index contributed by atoms with van der Waals surface area (Å²) in [6.45, 7) is 6.25. The second kappa shape index (κ2) is 8.98. The third-order valence-corrected chi connectivity index (χ3v) is 5.62. The number of benzene rings is 3. The summed E-state index contributed by atoms with van der Waals surface area (Å²) in [7, 11) is 1.62. The molecular formula is C28H27N5O. The topological polar surface area (TPSA) is 64.3 Å². The van der Waals surface area contributed by atoms with Gasteiger partial charge in [0.05, 0.1) is 40.6 Å². The van der Waals surface area contributed by atoms with E-state index in [2.05, 4.69) is 78.1 Å². The number of fused-ring (bicyclic) bond motifs is 2. The van der Waals surface area contributed by atoms with Crippen molar-refractivity contribution in [2.75, 3.05) is 12.4 Å². The van der Waals surface area contributed by atoms with Gasteiger partial charge in [-0.15, -0.1) is 0 Å². The number of hydrogen-bond acceptors (Lipinski definition) is 5. The van der Waals surface area contributed by atoms with Crippen molar-refractivity contribution < 1.29 is 4.74 Å². The molecule has 0 bridgehead atoms. The van der Waals surface area contributed by atoms with E-state index in [1.54, 1.807) is 13.3 Å². The van der Waals surface area contributed by atoms with Crippen molar-refractivity contribution >= 4 is 22.4 Å². The van der Waals surface area contributed by atoms with E-state index in [1.165, 1.54) is 5.56 Å². The SMILES string of the molecule is COc1ncccc1Nc1cc2nc3ccccc3n(-c3ccc(C)cc3)c-2c/c1=N\C(C)C. The Balaban J connectivity index is 1.81. The number of para-hydroxylation sites is 2. The number of pyridine rings is 1. The number of aryl methyl sites for hydroxylation is 1. The summed E-state index contributed by atoms with van der Waals surface area (Å²) in [4.78, 5) is 14.2. The summed E-state index contributed by atoms with van der Waals surface area (Å²) in [6.07, 6.45) is 1.71. The van der Waals surface area contributed by atoms with Gasteiger partial charge >= 0.3 is 0 Å². The van der Waals surface area contributed by atoms with Crippen LogP contribution in [-0.4, -0.2) is 27.7 Å². The first-order valence-corrected chi connectivity index (χ1v) is 11.4. The van der Waals surface area contributed by atoms with Gasteiger partial charge in [-0.3, -0.25) is 4.99 Å². The summed E-state index contributed by atoms with van der Waals surface area (Å²) >= 11 is 0. The Morgan fingerprint density at radius 3 is 2.50 bits per heavy atom. The summed E-state index contributed by atoms with van der Waals surface area (Å²) < 4.78 is 7.70. The number of hydrogen-bond donors (Lipinski definition) is 1. The van der Waals surface area contributed by atoms with Crippen molar-refractivity contribution in [1.29, 1.82) is 0 Å². The van der Waals surface area contributed by atoms with Gasteiger partial charge in [0.25, 0.3) is 0 Å². The van der Waals surface area contributed by atoms with Gasteiger partial charge in [0.15, 0.2) is 0 Å². The second-order valence-electron chi connectivity index (χ2n) is 8.54. The Labute approximate surface area is 199 Å². The number of rotatable bonds is 5. The Bertz CT molecular complexity index is 1500. The van der Waals surface area contributed by atoms with Crippen LogP contribution in [0.4, 0.5) is 11.4 Å². The Morgan fingerprint density at radius 1 is 0.941 bits per heavy atom. The van der Waals surface area contributed by atoms with Gasteiger partial charge in [0.1, 0.15) is 5.69 Å². The van der Waals surface area contributed by atoms with Crippen LogP contribution in [0.25, 0.3) is 28.1 Å². The lowest BCUT2D eigenvalue weighted by atomic mass is 10.1. The van der Waals surface area contributed by atoms with Gasteiger partial charge in [0.2, 0.25) is 5.88 Å². The van der Waals surface area contributed by atoms with Crippen LogP contribution in [0.5, 0.6) is 5.88 Å². The van der Waals surface area contributed by atoms with E-state index in [0.717, 1.165) is 44.8 Å². The molecule has 2 aliphatic rings. The second-order valence-corrected chi connectivity index (χ2v) is 8.54. The fourth-order valence-corrected chi connectivity index (χ4v) is 4.09. The summed E-state index contributed by atoms with van der Waals surface area (Å²) in [5, 5.41) is 4.33. The molecule has 5 rings (SSSR count). The highest BCUT2D eigenvalue weighted by Crippen LogP contribution is 2.31. The minimum absolute atomic E-state index is 0.120. The molecule has 0 unspecified atom stereocenters. The Morgan fingerprint density at radius 2 is 1.74 bits per heavy atom. The van der Waals surface area contributed by atoms with Crippen LogP contribution in [0.2, 0.25) is 0 Å². The molecule has 6 nitrogen and oxygen atoms in total. The molecule has 0 fully saturated rings. The molecule has 3 aromatic rings. The van der Waals surface area contributed by atoms with Crippen molar-refractivity contribution in [3.05, 3.63) is 89.9 Å². The molecule has 0 saturated carbocycles. The first kappa shape index (κ1) is 21.6. The quantitative estimate of drug-likeness (QED) is 0.340. The molecular weight excluding hydrogens is 422 g/mol. The van der Waals surface area contributed by atoms with E-state index in [4.69, 9.17) is 14.7 Å². The summed E-state index contributed by atoms with van der Waals surface area (Å²) in [5.74, 6) is 0.527. The Hall–Kier alpha value is -4.19. The first-order valence-electron chi connectivity index (χ1n) is 11.4. The lowest BCUT2D eigenvalue weighted by molar-refractivity contribution is 0.400. The third kappa shape index (κ3) is 4.10.